The largest absolute Gasteiger partial charge is 0.307 e. The Balaban J connectivity index is 1.62. The van der Waals surface area contributed by atoms with Gasteiger partial charge in [-0.05, 0) is 37.6 Å². The highest BCUT2D eigenvalue weighted by atomic mass is 16.1. The molecule has 1 N–H and O–H groups in total. The third kappa shape index (κ3) is 2.56. The second-order valence-corrected chi connectivity index (χ2v) is 5.93. The van der Waals surface area contributed by atoms with E-state index in [0.29, 0.717) is 23.1 Å². The van der Waals surface area contributed by atoms with Crippen molar-refractivity contribution in [2.24, 2.45) is 0 Å². The fourth-order valence-corrected chi connectivity index (χ4v) is 3.01. The minimum Gasteiger partial charge on any atom is -0.307 e. The van der Waals surface area contributed by atoms with Crippen molar-refractivity contribution in [2.75, 3.05) is 5.32 Å². The summed E-state index contributed by atoms with van der Waals surface area (Å²) in [7, 11) is 0. The second kappa shape index (κ2) is 5.88. The van der Waals surface area contributed by atoms with Gasteiger partial charge in [-0.15, -0.1) is 10.2 Å². The van der Waals surface area contributed by atoms with E-state index in [-0.39, 0.29) is 5.91 Å². The smallest absolute Gasteiger partial charge is 0.256 e. The summed E-state index contributed by atoms with van der Waals surface area (Å²) in [5.41, 5.74) is 1.31. The van der Waals surface area contributed by atoms with E-state index < -0.39 is 0 Å². The number of aryl methyl sites for hydroxylation is 1. The number of benzene rings is 1. The van der Waals surface area contributed by atoms with Crippen molar-refractivity contribution in [1.29, 1.82) is 0 Å². The van der Waals surface area contributed by atoms with Crippen LogP contribution in [0.25, 0.3) is 11.5 Å². The molecule has 1 aliphatic rings. The third-order valence-corrected chi connectivity index (χ3v) is 4.25. The van der Waals surface area contributed by atoms with E-state index >= 15 is 0 Å². The van der Waals surface area contributed by atoms with E-state index in [2.05, 4.69) is 32.0 Å². The Hall–Kier alpha value is -3.02. The molecule has 24 heavy (non-hydrogen) atoms. The summed E-state index contributed by atoms with van der Waals surface area (Å²) in [5, 5.41) is 11.4. The molecule has 120 valence electrons. The number of rotatable bonds is 3. The van der Waals surface area contributed by atoms with Gasteiger partial charge in [0.1, 0.15) is 17.3 Å². The Morgan fingerprint density at radius 2 is 1.96 bits per heavy atom. The number of hydrogen-bond donors (Lipinski definition) is 1. The normalized spacial score (nSPS) is 16.0. The molecule has 0 radical (unpaired) electrons. The summed E-state index contributed by atoms with van der Waals surface area (Å²) in [6, 6.07) is 15.0. The SMILES string of the molecule is CC1CCc2nnc(-c3cccc(NC(=O)c4ccccc4)n3)n21. The molecular formula is C18H17N5O. The van der Waals surface area contributed by atoms with Crippen molar-refractivity contribution in [2.45, 2.75) is 25.8 Å². The molecule has 2 aromatic heterocycles. The molecule has 0 aliphatic carbocycles. The van der Waals surface area contributed by atoms with Gasteiger partial charge >= 0.3 is 0 Å². The molecule has 4 rings (SSSR count). The van der Waals surface area contributed by atoms with Crippen molar-refractivity contribution in [3.05, 3.63) is 59.9 Å². The average Bonchev–Trinajstić information content (AvgIpc) is 3.19. The van der Waals surface area contributed by atoms with E-state index in [9.17, 15) is 4.79 Å². The highest BCUT2D eigenvalue weighted by molar-refractivity contribution is 6.03. The van der Waals surface area contributed by atoms with E-state index in [0.717, 1.165) is 24.5 Å². The van der Waals surface area contributed by atoms with E-state index in [1.54, 1.807) is 18.2 Å². The monoisotopic (exact) mass is 319 g/mol. The molecule has 1 atom stereocenters. The van der Waals surface area contributed by atoms with Gasteiger partial charge in [0.15, 0.2) is 5.82 Å². The number of hydrogen-bond acceptors (Lipinski definition) is 4. The van der Waals surface area contributed by atoms with Crippen LogP contribution in [0.3, 0.4) is 0 Å². The van der Waals surface area contributed by atoms with Crippen LogP contribution in [-0.2, 0) is 6.42 Å². The molecule has 0 saturated carbocycles. The summed E-state index contributed by atoms with van der Waals surface area (Å²) in [6.07, 6.45) is 2.01. The van der Waals surface area contributed by atoms with Crippen LogP contribution in [0.15, 0.2) is 48.5 Å². The van der Waals surface area contributed by atoms with Gasteiger partial charge in [-0.25, -0.2) is 4.98 Å². The first-order valence-corrected chi connectivity index (χ1v) is 8.00. The number of nitrogens with zero attached hydrogens (tertiary/aromatic N) is 4. The van der Waals surface area contributed by atoms with Gasteiger partial charge in [-0.1, -0.05) is 24.3 Å². The summed E-state index contributed by atoms with van der Waals surface area (Å²) in [5.74, 6) is 2.08. The maximum atomic E-state index is 12.3. The molecule has 0 fully saturated rings. The Bertz CT molecular complexity index is 887. The standard InChI is InChI=1S/C18H17N5O/c1-12-10-11-16-21-22-17(23(12)16)14-8-5-9-15(19-14)20-18(24)13-6-3-2-4-7-13/h2-9,12H,10-11H2,1H3,(H,19,20,24). The third-order valence-electron chi connectivity index (χ3n) is 4.25. The molecular weight excluding hydrogens is 302 g/mol. The maximum Gasteiger partial charge on any atom is 0.256 e. The number of anilines is 1. The lowest BCUT2D eigenvalue weighted by atomic mass is 10.2. The minimum atomic E-state index is -0.180. The van der Waals surface area contributed by atoms with Gasteiger partial charge in [0.05, 0.1) is 0 Å². The number of aromatic nitrogens is 4. The van der Waals surface area contributed by atoms with Crippen molar-refractivity contribution in [3.63, 3.8) is 0 Å². The highest BCUT2D eigenvalue weighted by Gasteiger charge is 2.25. The van der Waals surface area contributed by atoms with Crippen LogP contribution in [-0.4, -0.2) is 25.7 Å². The Morgan fingerprint density at radius 1 is 1.12 bits per heavy atom. The number of fused-ring (bicyclic) bond motifs is 1. The summed E-state index contributed by atoms with van der Waals surface area (Å²) in [6.45, 7) is 2.16. The molecule has 1 unspecified atom stereocenters. The van der Waals surface area contributed by atoms with Crippen LogP contribution in [0.1, 0.15) is 35.6 Å². The van der Waals surface area contributed by atoms with Crippen molar-refractivity contribution in [1.82, 2.24) is 19.7 Å². The highest BCUT2D eigenvalue weighted by Crippen LogP contribution is 2.30. The molecule has 0 saturated heterocycles. The van der Waals surface area contributed by atoms with Gasteiger partial charge in [-0.2, -0.15) is 0 Å². The number of carbonyl (C=O) groups excluding carboxylic acids is 1. The van der Waals surface area contributed by atoms with Crippen LogP contribution in [0.2, 0.25) is 0 Å². The summed E-state index contributed by atoms with van der Waals surface area (Å²) < 4.78 is 2.13. The molecule has 6 nitrogen and oxygen atoms in total. The minimum absolute atomic E-state index is 0.180. The zero-order valence-electron chi connectivity index (χ0n) is 13.3. The first-order chi connectivity index (χ1) is 11.7. The van der Waals surface area contributed by atoms with Crippen molar-refractivity contribution < 1.29 is 4.79 Å². The molecule has 3 aromatic rings. The lowest BCUT2D eigenvalue weighted by molar-refractivity contribution is 0.102. The summed E-state index contributed by atoms with van der Waals surface area (Å²) >= 11 is 0. The van der Waals surface area contributed by atoms with Crippen LogP contribution < -0.4 is 5.32 Å². The Labute approximate surface area is 139 Å². The van der Waals surface area contributed by atoms with E-state index in [1.807, 2.05) is 30.3 Å². The van der Waals surface area contributed by atoms with Crippen LogP contribution in [0.4, 0.5) is 5.82 Å². The zero-order chi connectivity index (χ0) is 16.5. The van der Waals surface area contributed by atoms with Crippen molar-refractivity contribution >= 4 is 11.7 Å². The van der Waals surface area contributed by atoms with E-state index in [1.165, 1.54) is 0 Å². The maximum absolute atomic E-state index is 12.3. The molecule has 0 bridgehead atoms. The number of carbonyl (C=O) groups is 1. The fraction of sp³-hybridized carbons (Fsp3) is 0.222. The fourth-order valence-electron chi connectivity index (χ4n) is 3.01. The van der Waals surface area contributed by atoms with Crippen LogP contribution in [0, 0.1) is 0 Å². The predicted molar refractivity (Wildman–Crippen MR) is 90.7 cm³/mol. The van der Waals surface area contributed by atoms with Crippen LogP contribution in [0.5, 0.6) is 0 Å². The predicted octanol–water partition coefficient (Wildman–Crippen LogP) is 3.10. The van der Waals surface area contributed by atoms with Gasteiger partial charge in [0, 0.05) is 18.0 Å². The number of amides is 1. The molecule has 1 amide bonds. The molecule has 6 heteroatoms. The first kappa shape index (κ1) is 14.6. The van der Waals surface area contributed by atoms with Crippen LogP contribution >= 0.6 is 0 Å². The molecule has 3 heterocycles. The second-order valence-electron chi connectivity index (χ2n) is 5.93. The number of nitrogens with one attached hydrogen (secondary N) is 1. The molecule has 0 spiro atoms. The van der Waals surface area contributed by atoms with Gasteiger partial charge in [0.2, 0.25) is 0 Å². The lowest BCUT2D eigenvalue weighted by Gasteiger charge is -2.10. The quantitative estimate of drug-likeness (QED) is 0.805. The Morgan fingerprint density at radius 3 is 2.79 bits per heavy atom. The zero-order valence-corrected chi connectivity index (χ0v) is 13.3. The van der Waals surface area contributed by atoms with Crippen molar-refractivity contribution in [3.8, 4) is 11.5 Å². The summed E-state index contributed by atoms with van der Waals surface area (Å²) in [4.78, 5) is 16.8. The Kier molecular flexibility index (Phi) is 3.57. The lowest BCUT2D eigenvalue weighted by Crippen LogP contribution is -2.13. The van der Waals surface area contributed by atoms with Gasteiger partial charge < -0.3 is 9.88 Å². The molecule has 1 aromatic carbocycles. The molecule has 1 aliphatic heterocycles. The first-order valence-electron chi connectivity index (χ1n) is 8.00. The van der Waals surface area contributed by atoms with Gasteiger partial charge in [-0.3, -0.25) is 4.79 Å². The van der Waals surface area contributed by atoms with E-state index in [4.69, 9.17) is 0 Å². The topological polar surface area (TPSA) is 72.7 Å². The average molecular weight is 319 g/mol. The number of pyridine rings is 1. The van der Waals surface area contributed by atoms with Gasteiger partial charge in [0.25, 0.3) is 5.91 Å².